The Morgan fingerprint density at radius 2 is 1.97 bits per heavy atom. The van der Waals surface area contributed by atoms with Gasteiger partial charge in [-0.1, -0.05) is 17.4 Å². The van der Waals surface area contributed by atoms with Gasteiger partial charge in [0.05, 0.1) is 22.9 Å². The van der Waals surface area contributed by atoms with Gasteiger partial charge in [0.25, 0.3) is 0 Å². The minimum absolute atomic E-state index is 0.0538. The molecule has 7 heteroatoms. The Morgan fingerprint density at radius 1 is 1.23 bits per heavy atom. The number of hydrogen-bond acceptors (Lipinski definition) is 6. The number of anilines is 1. The summed E-state index contributed by atoms with van der Waals surface area (Å²) >= 11 is 1.55. The van der Waals surface area contributed by atoms with Gasteiger partial charge in [-0.2, -0.15) is 5.26 Å². The Balaban J connectivity index is 1.37. The van der Waals surface area contributed by atoms with Crippen LogP contribution < -0.4 is 4.90 Å². The second-order valence-electron chi connectivity index (χ2n) is 10.0. The molecule has 3 aliphatic rings. The summed E-state index contributed by atoms with van der Waals surface area (Å²) < 4.78 is 0. The maximum absolute atomic E-state index is 13.6. The molecule has 6 rings (SSSR count). The van der Waals surface area contributed by atoms with Gasteiger partial charge in [-0.05, 0) is 51.3 Å². The zero-order chi connectivity index (χ0) is 21.5. The topological polar surface area (TPSA) is 76.0 Å². The van der Waals surface area contributed by atoms with Crippen LogP contribution in [0.1, 0.15) is 58.9 Å². The van der Waals surface area contributed by atoms with Crippen molar-refractivity contribution >= 4 is 33.2 Å². The van der Waals surface area contributed by atoms with Gasteiger partial charge in [0.2, 0.25) is 5.78 Å². The van der Waals surface area contributed by atoms with E-state index in [1.165, 1.54) is 25.9 Å². The molecule has 1 aliphatic carbocycles. The Morgan fingerprint density at radius 3 is 2.65 bits per heavy atom. The summed E-state index contributed by atoms with van der Waals surface area (Å²) in [6, 6.07) is 7.68. The van der Waals surface area contributed by atoms with E-state index in [-0.39, 0.29) is 5.78 Å². The standard InChI is InChI=1S/C24H25N5OS/c1-23(2)20-17(15-5-4-14(11-25)10-16(15)26-20)18(30)19-21(23)27-22(31-19)29-8-6-24(7-9-29)12-28(3)13-24/h4-5,10,26H,6-9,12-13H2,1-3H3. The molecule has 3 aromatic rings. The second kappa shape index (κ2) is 6.18. The predicted molar refractivity (Wildman–Crippen MR) is 122 cm³/mol. The zero-order valence-electron chi connectivity index (χ0n) is 18.1. The van der Waals surface area contributed by atoms with Crippen LogP contribution in [0.3, 0.4) is 0 Å². The molecule has 2 aliphatic heterocycles. The Kier molecular flexibility index (Phi) is 3.79. The number of likely N-dealkylation sites (tertiary alicyclic amines) is 1. The smallest absolute Gasteiger partial charge is 0.207 e. The summed E-state index contributed by atoms with van der Waals surface area (Å²) in [5.74, 6) is 0.0538. The van der Waals surface area contributed by atoms with Crippen LogP contribution in [0.25, 0.3) is 10.9 Å². The molecule has 0 bridgehead atoms. The van der Waals surface area contributed by atoms with Gasteiger partial charge >= 0.3 is 0 Å². The van der Waals surface area contributed by atoms with Crippen LogP contribution in [0.2, 0.25) is 0 Å². The first kappa shape index (κ1) is 19.0. The number of piperidine rings is 1. The molecule has 1 aromatic carbocycles. The highest BCUT2D eigenvalue weighted by Gasteiger charge is 2.45. The van der Waals surface area contributed by atoms with Crippen molar-refractivity contribution in [3.05, 3.63) is 45.6 Å². The summed E-state index contributed by atoms with van der Waals surface area (Å²) in [6.07, 6.45) is 2.40. The quantitative estimate of drug-likeness (QED) is 0.632. The number of ketones is 1. The minimum Gasteiger partial charge on any atom is -0.357 e. The van der Waals surface area contributed by atoms with Gasteiger partial charge in [0.1, 0.15) is 4.88 Å². The van der Waals surface area contributed by atoms with Gasteiger partial charge in [0.15, 0.2) is 5.13 Å². The van der Waals surface area contributed by atoms with E-state index in [1.54, 1.807) is 17.4 Å². The lowest BCUT2D eigenvalue weighted by Crippen LogP contribution is -2.58. The second-order valence-corrected chi connectivity index (χ2v) is 11.0. The van der Waals surface area contributed by atoms with Gasteiger partial charge in [-0.15, -0.1) is 0 Å². The fraction of sp³-hybridized carbons (Fsp3) is 0.458. The molecule has 31 heavy (non-hydrogen) atoms. The number of fused-ring (bicyclic) bond motifs is 4. The van der Waals surface area contributed by atoms with Crippen molar-refractivity contribution < 1.29 is 4.79 Å². The first-order valence-corrected chi connectivity index (χ1v) is 11.7. The zero-order valence-corrected chi connectivity index (χ0v) is 18.9. The van der Waals surface area contributed by atoms with E-state index in [4.69, 9.17) is 4.98 Å². The summed E-state index contributed by atoms with van der Waals surface area (Å²) in [5.41, 5.74) is 4.05. The number of thiazole rings is 1. The van der Waals surface area contributed by atoms with Crippen molar-refractivity contribution in [2.75, 3.05) is 38.1 Å². The van der Waals surface area contributed by atoms with Crippen molar-refractivity contribution in [2.45, 2.75) is 32.1 Å². The highest BCUT2D eigenvalue weighted by Crippen LogP contribution is 2.48. The van der Waals surface area contributed by atoms with Gasteiger partial charge in [0, 0.05) is 48.2 Å². The van der Waals surface area contributed by atoms with Crippen molar-refractivity contribution in [1.29, 1.82) is 5.26 Å². The Hall–Kier alpha value is -2.69. The van der Waals surface area contributed by atoms with Crippen molar-refractivity contribution in [3.63, 3.8) is 0 Å². The summed E-state index contributed by atoms with van der Waals surface area (Å²) in [7, 11) is 2.19. The number of benzene rings is 1. The average Bonchev–Trinajstić information content (AvgIpc) is 3.35. The molecule has 6 nitrogen and oxygen atoms in total. The molecule has 0 saturated carbocycles. The first-order valence-electron chi connectivity index (χ1n) is 10.9. The predicted octanol–water partition coefficient (Wildman–Crippen LogP) is 3.90. The fourth-order valence-electron chi connectivity index (χ4n) is 5.81. The maximum atomic E-state index is 13.6. The van der Waals surface area contributed by atoms with E-state index < -0.39 is 5.41 Å². The monoisotopic (exact) mass is 431 g/mol. The minimum atomic E-state index is -0.396. The largest absolute Gasteiger partial charge is 0.357 e. The third-order valence-corrected chi connectivity index (χ3v) is 8.61. The number of nitrogens with zero attached hydrogens (tertiary/aromatic N) is 4. The molecule has 158 valence electrons. The van der Waals surface area contributed by atoms with E-state index in [9.17, 15) is 10.1 Å². The van der Waals surface area contributed by atoms with Gasteiger partial charge in [-0.3, -0.25) is 4.79 Å². The van der Waals surface area contributed by atoms with Crippen LogP contribution in [0.4, 0.5) is 5.13 Å². The summed E-state index contributed by atoms with van der Waals surface area (Å²) in [6.45, 7) is 8.71. The average molecular weight is 432 g/mol. The van der Waals surface area contributed by atoms with Crippen molar-refractivity contribution in [1.82, 2.24) is 14.9 Å². The molecule has 2 fully saturated rings. The van der Waals surface area contributed by atoms with Crippen LogP contribution in [0.5, 0.6) is 0 Å². The molecule has 2 saturated heterocycles. The molecule has 1 N–H and O–H groups in total. The van der Waals surface area contributed by atoms with E-state index in [0.29, 0.717) is 11.0 Å². The lowest BCUT2D eigenvalue weighted by molar-refractivity contribution is 0.00131. The lowest BCUT2D eigenvalue weighted by Gasteiger charge is -2.52. The maximum Gasteiger partial charge on any atom is 0.207 e. The molecular formula is C24H25N5OS. The Bertz CT molecular complexity index is 1280. The van der Waals surface area contributed by atoms with Gasteiger partial charge in [-0.25, -0.2) is 4.98 Å². The van der Waals surface area contributed by atoms with Crippen LogP contribution in [-0.4, -0.2) is 53.9 Å². The van der Waals surface area contributed by atoms with Crippen LogP contribution >= 0.6 is 11.3 Å². The van der Waals surface area contributed by atoms with E-state index in [2.05, 4.69) is 41.7 Å². The number of nitrogens with one attached hydrogen (secondary N) is 1. The summed E-state index contributed by atoms with van der Waals surface area (Å²) in [4.78, 5) is 27.6. The normalized spacial score (nSPS) is 21.6. The number of nitriles is 1. The molecule has 0 unspecified atom stereocenters. The van der Waals surface area contributed by atoms with Crippen LogP contribution in [0, 0.1) is 16.7 Å². The third kappa shape index (κ3) is 2.58. The number of hydrogen-bond donors (Lipinski definition) is 1. The van der Waals surface area contributed by atoms with Gasteiger partial charge < -0.3 is 14.8 Å². The highest BCUT2D eigenvalue weighted by atomic mass is 32.1. The Labute approximate surface area is 185 Å². The molecule has 4 heterocycles. The number of aromatic nitrogens is 2. The molecule has 0 amide bonds. The molecule has 0 atom stereocenters. The van der Waals surface area contributed by atoms with Crippen LogP contribution in [0.15, 0.2) is 18.2 Å². The summed E-state index contributed by atoms with van der Waals surface area (Å²) in [5, 5.41) is 11.1. The number of H-pyrrole nitrogens is 1. The molecular weight excluding hydrogens is 406 g/mol. The molecule has 1 spiro atoms. The van der Waals surface area contributed by atoms with E-state index in [1.807, 2.05) is 12.1 Å². The number of carbonyl (C=O) groups is 1. The number of aromatic amines is 1. The molecule has 0 radical (unpaired) electrons. The van der Waals surface area contributed by atoms with E-state index in [0.717, 1.165) is 51.0 Å². The lowest BCUT2D eigenvalue weighted by atomic mass is 9.72. The van der Waals surface area contributed by atoms with Crippen LogP contribution in [-0.2, 0) is 5.41 Å². The number of carbonyl (C=O) groups excluding carboxylic acids is 1. The van der Waals surface area contributed by atoms with Crippen molar-refractivity contribution in [3.8, 4) is 6.07 Å². The number of rotatable bonds is 1. The highest BCUT2D eigenvalue weighted by molar-refractivity contribution is 7.18. The van der Waals surface area contributed by atoms with E-state index >= 15 is 0 Å². The van der Waals surface area contributed by atoms with Crippen molar-refractivity contribution in [2.24, 2.45) is 5.41 Å². The fourth-order valence-corrected chi connectivity index (χ4v) is 7.04. The first-order chi connectivity index (χ1) is 14.8. The molecule has 2 aromatic heterocycles. The third-order valence-electron chi connectivity index (χ3n) is 7.50. The SMILES string of the molecule is CN1CC2(CCN(c3nc4c(s3)C(=O)c3c([nH]c5cc(C#N)ccc35)C4(C)C)CC2)C1.